The maximum atomic E-state index is 13.7. The summed E-state index contributed by atoms with van der Waals surface area (Å²) in [5, 5.41) is 12.3. The van der Waals surface area contributed by atoms with Crippen molar-refractivity contribution in [3.8, 4) is 22.3 Å². The molecule has 8 heteroatoms. The molecule has 0 aliphatic carbocycles. The Morgan fingerprint density at radius 3 is 2.48 bits per heavy atom. The van der Waals surface area contributed by atoms with Crippen LogP contribution in [-0.2, 0) is 11.3 Å². The van der Waals surface area contributed by atoms with E-state index in [0.717, 1.165) is 46.2 Å². The van der Waals surface area contributed by atoms with Crippen molar-refractivity contribution in [3.63, 3.8) is 0 Å². The van der Waals surface area contributed by atoms with Crippen LogP contribution in [0.3, 0.4) is 0 Å². The van der Waals surface area contributed by atoms with Gasteiger partial charge < -0.3 is 4.98 Å². The molecule has 0 radical (unpaired) electrons. The molecule has 212 valence electrons. The fourth-order valence-electron chi connectivity index (χ4n) is 5.69. The Morgan fingerprint density at radius 2 is 1.74 bits per heavy atom. The van der Waals surface area contributed by atoms with Gasteiger partial charge in [-0.05, 0) is 47.7 Å². The number of rotatable bonds is 8. The summed E-state index contributed by atoms with van der Waals surface area (Å²) in [7, 11) is 0. The van der Waals surface area contributed by atoms with Gasteiger partial charge in [-0.2, -0.15) is 10.2 Å². The summed E-state index contributed by atoms with van der Waals surface area (Å²) in [5.74, 6) is -0.0658. The van der Waals surface area contributed by atoms with E-state index in [1.807, 2.05) is 72.4 Å². The third kappa shape index (κ3) is 5.28. The van der Waals surface area contributed by atoms with Crippen molar-refractivity contribution in [3.05, 3.63) is 112 Å². The number of nitrogens with one attached hydrogen (secondary N) is 1. The molecule has 42 heavy (non-hydrogen) atoms. The first kappa shape index (κ1) is 27.7. The molecular formula is C34H32ClN5O2. The van der Waals surface area contributed by atoms with E-state index in [0.29, 0.717) is 41.1 Å². The number of benzene rings is 3. The molecule has 2 aromatic heterocycles. The zero-order valence-electron chi connectivity index (χ0n) is 23.7. The first-order valence-corrected chi connectivity index (χ1v) is 14.8. The van der Waals surface area contributed by atoms with Crippen molar-refractivity contribution in [2.45, 2.75) is 52.1 Å². The highest BCUT2D eigenvalue weighted by Crippen LogP contribution is 2.38. The Kier molecular flexibility index (Phi) is 7.76. The summed E-state index contributed by atoms with van der Waals surface area (Å²) < 4.78 is 1.95. The Labute approximate surface area is 249 Å². The molecule has 1 aliphatic heterocycles. The fraction of sp³-hybridized carbons (Fsp3) is 0.235. The number of aromatic nitrogens is 3. The minimum Gasteiger partial charge on any atom is -0.321 e. The van der Waals surface area contributed by atoms with Crippen LogP contribution in [0.1, 0.15) is 56.7 Å². The van der Waals surface area contributed by atoms with Gasteiger partial charge in [-0.25, -0.2) is 5.01 Å². The summed E-state index contributed by atoms with van der Waals surface area (Å²) in [5.41, 5.74) is 6.21. The molecular weight excluding hydrogens is 546 g/mol. The molecule has 1 aliphatic rings. The number of H-pyrrole nitrogens is 1. The van der Waals surface area contributed by atoms with E-state index in [9.17, 15) is 9.59 Å². The second kappa shape index (κ2) is 11.8. The van der Waals surface area contributed by atoms with Crippen molar-refractivity contribution in [1.82, 2.24) is 19.8 Å². The van der Waals surface area contributed by atoms with Crippen molar-refractivity contribution in [1.29, 1.82) is 0 Å². The van der Waals surface area contributed by atoms with Crippen molar-refractivity contribution in [2.75, 3.05) is 0 Å². The molecule has 1 unspecified atom stereocenters. The summed E-state index contributed by atoms with van der Waals surface area (Å²) in [6.07, 6.45) is 6.44. The minimum absolute atomic E-state index is 0.0658. The molecule has 0 saturated heterocycles. The predicted molar refractivity (Wildman–Crippen MR) is 169 cm³/mol. The number of fused-ring (bicyclic) bond motifs is 1. The van der Waals surface area contributed by atoms with Gasteiger partial charge in [0, 0.05) is 52.6 Å². The molecule has 1 N–H and O–H groups in total. The number of nitrogens with zero attached hydrogens (tertiary/aromatic N) is 4. The van der Waals surface area contributed by atoms with E-state index < -0.39 is 0 Å². The Morgan fingerprint density at radius 1 is 0.952 bits per heavy atom. The summed E-state index contributed by atoms with van der Waals surface area (Å²) in [4.78, 5) is 30.1. The van der Waals surface area contributed by atoms with Crippen molar-refractivity contribution in [2.24, 2.45) is 5.10 Å². The predicted octanol–water partition coefficient (Wildman–Crippen LogP) is 7.60. The number of hydrogen-bond acceptors (Lipinski definition) is 4. The molecule has 0 spiro atoms. The van der Waals surface area contributed by atoms with E-state index in [1.54, 1.807) is 11.1 Å². The van der Waals surface area contributed by atoms with E-state index in [4.69, 9.17) is 16.7 Å². The van der Waals surface area contributed by atoms with Gasteiger partial charge >= 0.3 is 0 Å². The number of aromatic amines is 1. The second-order valence-corrected chi connectivity index (χ2v) is 11.1. The molecule has 0 bridgehead atoms. The number of carbonyl (C=O) groups is 1. The zero-order chi connectivity index (χ0) is 29.2. The minimum atomic E-state index is -0.325. The van der Waals surface area contributed by atoms with Crippen LogP contribution in [0, 0.1) is 0 Å². The quantitative estimate of drug-likeness (QED) is 0.206. The number of amides is 1. The van der Waals surface area contributed by atoms with Crippen LogP contribution < -0.4 is 5.56 Å². The van der Waals surface area contributed by atoms with Gasteiger partial charge in [0.25, 0.3) is 5.56 Å². The van der Waals surface area contributed by atoms with Gasteiger partial charge in [-0.15, -0.1) is 0 Å². The van der Waals surface area contributed by atoms with Crippen LogP contribution in [0.5, 0.6) is 0 Å². The van der Waals surface area contributed by atoms with E-state index in [2.05, 4.69) is 35.3 Å². The highest BCUT2D eigenvalue weighted by atomic mass is 35.5. The average molecular weight is 578 g/mol. The normalized spacial score (nSPS) is 14.9. The van der Waals surface area contributed by atoms with Gasteiger partial charge in [0.1, 0.15) is 0 Å². The molecule has 7 nitrogen and oxygen atoms in total. The molecule has 0 saturated carbocycles. The number of halogens is 1. The lowest BCUT2D eigenvalue weighted by Gasteiger charge is -2.22. The van der Waals surface area contributed by atoms with Gasteiger partial charge in [0.05, 0.1) is 23.5 Å². The highest BCUT2D eigenvalue weighted by molar-refractivity contribution is 6.31. The van der Waals surface area contributed by atoms with Gasteiger partial charge in [-0.3, -0.25) is 14.3 Å². The largest absolute Gasteiger partial charge is 0.321 e. The van der Waals surface area contributed by atoms with Gasteiger partial charge in [0.15, 0.2) is 0 Å². The highest BCUT2D eigenvalue weighted by Gasteiger charge is 2.35. The monoisotopic (exact) mass is 577 g/mol. The Balaban J connectivity index is 1.43. The fourth-order valence-corrected chi connectivity index (χ4v) is 5.86. The molecule has 3 aromatic carbocycles. The lowest BCUT2D eigenvalue weighted by molar-refractivity contribution is -0.133. The van der Waals surface area contributed by atoms with Crippen LogP contribution in [0.25, 0.3) is 33.2 Å². The van der Waals surface area contributed by atoms with Crippen LogP contribution >= 0.6 is 11.6 Å². The molecule has 1 atom stereocenters. The summed E-state index contributed by atoms with van der Waals surface area (Å²) >= 11 is 6.43. The maximum Gasteiger partial charge on any atom is 0.258 e. The lowest BCUT2D eigenvalue weighted by Crippen LogP contribution is -2.26. The van der Waals surface area contributed by atoms with E-state index in [1.165, 1.54) is 0 Å². The van der Waals surface area contributed by atoms with Crippen LogP contribution in [0.4, 0.5) is 0 Å². The van der Waals surface area contributed by atoms with Gasteiger partial charge in [0.2, 0.25) is 5.91 Å². The molecule has 1 amide bonds. The van der Waals surface area contributed by atoms with Gasteiger partial charge in [-0.1, -0.05) is 80.0 Å². The average Bonchev–Trinajstić information content (AvgIpc) is 3.66. The van der Waals surface area contributed by atoms with Crippen molar-refractivity contribution >= 4 is 34.1 Å². The number of hydrazone groups is 1. The molecule has 6 rings (SSSR count). The number of hydrogen-bond donors (Lipinski definition) is 1. The van der Waals surface area contributed by atoms with Crippen LogP contribution in [0.15, 0.2) is 95.1 Å². The lowest BCUT2D eigenvalue weighted by atomic mass is 9.90. The molecule has 5 aromatic rings. The third-order valence-electron chi connectivity index (χ3n) is 7.67. The second-order valence-electron chi connectivity index (χ2n) is 10.6. The van der Waals surface area contributed by atoms with Crippen molar-refractivity contribution < 1.29 is 4.79 Å². The van der Waals surface area contributed by atoms with E-state index >= 15 is 0 Å². The smallest absolute Gasteiger partial charge is 0.258 e. The maximum absolute atomic E-state index is 13.7. The zero-order valence-corrected chi connectivity index (χ0v) is 24.4. The SMILES string of the molecule is CCCC(=O)N1N=C(c2c(-c3ccccc3)c3cc(Cl)ccc3[nH]c2=O)CC1c1ccc(-c2cnn(CCC)c2)cc1. The Hall–Kier alpha value is -4.49. The van der Waals surface area contributed by atoms with E-state index in [-0.39, 0.29) is 17.5 Å². The molecule has 3 heterocycles. The van der Waals surface area contributed by atoms with Crippen LogP contribution in [-0.4, -0.2) is 31.4 Å². The van der Waals surface area contributed by atoms with Crippen LogP contribution in [0.2, 0.25) is 5.02 Å². The summed E-state index contributed by atoms with van der Waals surface area (Å²) in [6.45, 7) is 4.98. The standard InChI is InChI=1S/C34H32ClN5O2/c1-3-8-31(41)40-30(23-13-11-22(12-14-23)25-20-36-39(21-25)17-4-2)19-29(38-40)33-32(24-9-6-5-7-10-24)27-18-26(35)15-16-28(27)37-34(33)42/h5-7,9-16,18,20-21,30H,3-4,8,17,19H2,1-2H3,(H,37,42). The topological polar surface area (TPSA) is 83.3 Å². The summed E-state index contributed by atoms with van der Waals surface area (Å²) in [6, 6.07) is 23.1. The third-order valence-corrected chi connectivity index (χ3v) is 7.91. The molecule has 0 fully saturated rings. The number of carbonyl (C=O) groups excluding carboxylic acids is 1. The Bertz CT molecular complexity index is 1840. The first-order valence-electron chi connectivity index (χ1n) is 14.4. The number of aryl methyl sites for hydroxylation is 1. The first-order chi connectivity index (χ1) is 20.5. The number of pyridine rings is 1.